The van der Waals surface area contributed by atoms with Crippen molar-refractivity contribution in [3.05, 3.63) is 11.1 Å². The Balaban J connectivity index is 2.50. The maximum absolute atomic E-state index is 2.31. The Morgan fingerprint density at radius 1 is 1.20 bits per heavy atom. The molecule has 0 aliphatic heterocycles. The van der Waals surface area contributed by atoms with Gasteiger partial charge in [-0.25, -0.2) is 0 Å². The fourth-order valence-electron chi connectivity index (χ4n) is 1.76. The first-order valence-electron chi connectivity index (χ1n) is 4.52. The predicted octanol–water partition coefficient (Wildman–Crippen LogP) is 3.68. The Hall–Kier alpha value is -0.260. The average Bonchev–Trinajstić information content (AvgIpc) is 1.94. The van der Waals surface area contributed by atoms with Crippen molar-refractivity contribution in [1.82, 2.24) is 0 Å². The van der Waals surface area contributed by atoms with Crippen LogP contribution >= 0.6 is 0 Å². The monoisotopic (exact) mass is 138 g/mol. The molecule has 0 atom stereocenters. The molecular formula is C10H18. The van der Waals surface area contributed by atoms with E-state index in [2.05, 4.69) is 13.8 Å². The summed E-state index contributed by atoms with van der Waals surface area (Å²) in [6, 6.07) is 0. The summed E-state index contributed by atoms with van der Waals surface area (Å²) in [6.07, 6.45) is 8.30. The van der Waals surface area contributed by atoms with Crippen molar-refractivity contribution >= 4 is 0 Å². The van der Waals surface area contributed by atoms with Gasteiger partial charge in [-0.05, 0) is 39.0 Å². The molecule has 0 saturated heterocycles. The van der Waals surface area contributed by atoms with Gasteiger partial charge < -0.3 is 0 Å². The largest absolute Gasteiger partial charge is 0.0741 e. The van der Waals surface area contributed by atoms with Crippen molar-refractivity contribution in [3.8, 4) is 0 Å². The highest BCUT2D eigenvalue weighted by atomic mass is 14.1. The third-order valence-electron chi connectivity index (χ3n) is 2.44. The second-order valence-electron chi connectivity index (χ2n) is 3.34. The predicted molar refractivity (Wildman–Crippen MR) is 46.1 cm³/mol. The van der Waals surface area contributed by atoms with Crippen molar-refractivity contribution in [1.29, 1.82) is 0 Å². The van der Waals surface area contributed by atoms with E-state index >= 15 is 0 Å². The molecule has 0 aromatic carbocycles. The molecule has 0 nitrogen and oxygen atoms in total. The molecule has 0 saturated carbocycles. The van der Waals surface area contributed by atoms with E-state index in [0.29, 0.717) is 0 Å². The summed E-state index contributed by atoms with van der Waals surface area (Å²) in [5, 5.41) is 0. The molecular weight excluding hydrogens is 120 g/mol. The fourth-order valence-corrected chi connectivity index (χ4v) is 1.76. The molecule has 0 bridgehead atoms. The Morgan fingerprint density at radius 3 is 2.50 bits per heavy atom. The fraction of sp³-hybridized carbons (Fsp3) is 0.800. The molecule has 1 rings (SSSR count). The molecule has 1 aliphatic rings. The highest BCUT2D eigenvalue weighted by molar-refractivity contribution is 5.14. The van der Waals surface area contributed by atoms with Gasteiger partial charge in [-0.2, -0.15) is 0 Å². The molecule has 0 spiro atoms. The molecule has 0 heterocycles. The van der Waals surface area contributed by atoms with E-state index in [1.54, 1.807) is 11.1 Å². The summed E-state index contributed by atoms with van der Waals surface area (Å²) < 4.78 is 0. The topological polar surface area (TPSA) is 0 Å². The molecule has 0 N–H and O–H groups in total. The van der Waals surface area contributed by atoms with Gasteiger partial charge in [0.25, 0.3) is 0 Å². The summed E-state index contributed by atoms with van der Waals surface area (Å²) >= 11 is 0. The van der Waals surface area contributed by atoms with E-state index < -0.39 is 0 Å². The number of allylic oxidation sites excluding steroid dienone is 2. The normalized spacial score (nSPS) is 19.8. The van der Waals surface area contributed by atoms with E-state index in [-0.39, 0.29) is 0 Å². The summed E-state index contributed by atoms with van der Waals surface area (Å²) in [4.78, 5) is 0. The molecule has 1 aliphatic carbocycles. The van der Waals surface area contributed by atoms with Crippen molar-refractivity contribution < 1.29 is 0 Å². The van der Waals surface area contributed by atoms with Gasteiger partial charge >= 0.3 is 0 Å². The molecule has 0 radical (unpaired) electrons. The Kier molecular flexibility index (Phi) is 2.98. The van der Waals surface area contributed by atoms with Crippen molar-refractivity contribution in [2.75, 3.05) is 0 Å². The maximum Gasteiger partial charge on any atom is -0.0318 e. The lowest BCUT2D eigenvalue weighted by molar-refractivity contribution is 0.643. The first-order chi connectivity index (χ1) is 4.84. The second-order valence-corrected chi connectivity index (χ2v) is 3.34. The quantitative estimate of drug-likeness (QED) is 0.511. The summed E-state index contributed by atoms with van der Waals surface area (Å²) in [7, 11) is 0. The van der Waals surface area contributed by atoms with Crippen molar-refractivity contribution in [3.63, 3.8) is 0 Å². The zero-order valence-electron chi connectivity index (χ0n) is 7.24. The number of hydrogen-bond donors (Lipinski definition) is 0. The van der Waals surface area contributed by atoms with E-state index in [1.807, 2.05) is 0 Å². The Morgan fingerprint density at radius 2 is 1.90 bits per heavy atom. The zero-order chi connectivity index (χ0) is 7.40. The van der Waals surface area contributed by atoms with Crippen LogP contribution in [0.4, 0.5) is 0 Å². The summed E-state index contributed by atoms with van der Waals surface area (Å²) in [5.41, 5.74) is 3.45. The summed E-state index contributed by atoms with van der Waals surface area (Å²) in [6.45, 7) is 4.58. The van der Waals surface area contributed by atoms with Gasteiger partial charge in [-0.15, -0.1) is 0 Å². The first-order valence-corrected chi connectivity index (χ1v) is 4.52. The third-order valence-corrected chi connectivity index (χ3v) is 2.44. The van der Waals surface area contributed by atoms with Crippen molar-refractivity contribution in [2.45, 2.75) is 52.4 Å². The van der Waals surface area contributed by atoms with Gasteiger partial charge in [-0.3, -0.25) is 0 Å². The maximum atomic E-state index is 2.31. The van der Waals surface area contributed by atoms with Gasteiger partial charge in [0, 0.05) is 0 Å². The van der Waals surface area contributed by atoms with Gasteiger partial charge in [0.05, 0.1) is 0 Å². The molecule has 10 heavy (non-hydrogen) atoms. The zero-order valence-corrected chi connectivity index (χ0v) is 7.24. The second kappa shape index (κ2) is 3.80. The smallest absolute Gasteiger partial charge is 0.0318 e. The SMILES string of the molecule is CCCC1=C(C)CCCC1. The minimum atomic E-state index is 1.33. The van der Waals surface area contributed by atoms with Gasteiger partial charge in [0.15, 0.2) is 0 Å². The van der Waals surface area contributed by atoms with Crippen LogP contribution in [-0.4, -0.2) is 0 Å². The van der Waals surface area contributed by atoms with Crippen LogP contribution in [0, 0.1) is 0 Å². The lowest BCUT2D eigenvalue weighted by Crippen LogP contribution is -1.96. The van der Waals surface area contributed by atoms with E-state index in [9.17, 15) is 0 Å². The molecule has 0 aromatic rings. The average molecular weight is 138 g/mol. The van der Waals surface area contributed by atoms with Gasteiger partial charge in [-0.1, -0.05) is 24.5 Å². The van der Waals surface area contributed by atoms with Gasteiger partial charge in [0.2, 0.25) is 0 Å². The van der Waals surface area contributed by atoms with Crippen LogP contribution in [-0.2, 0) is 0 Å². The van der Waals surface area contributed by atoms with Gasteiger partial charge in [0.1, 0.15) is 0 Å². The molecule has 0 heteroatoms. The molecule has 58 valence electrons. The third kappa shape index (κ3) is 1.86. The first kappa shape index (κ1) is 7.84. The lowest BCUT2D eigenvalue weighted by Gasteiger charge is -2.16. The minimum absolute atomic E-state index is 1.33. The molecule has 0 aromatic heterocycles. The number of rotatable bonds is 2. The molecule has 0 amide bonds. The van der Waals surface area contributed by atoms with Crippen LogP contribution < -0.4 is 0 Å². The van der Waals surface area contributed by atoms with Crippen LogP contribution in [0.25, 0.3) is 0 Å². The Labute approximate surface area is 64.3 Å². The van der Waals surface area contributed by atoms with Crippen LogP contribution in [0.1, 0.15) is 52.4 Å². The van der Waals surface area contributed by atoms with Crippen LogP contribution in [0.15, 0.2) is 11.1 Å². The van der Waals surface area contributed by atoms with Crippen LogP contribution in [0.3, 0.4) is 0 Å². The van der Waals surface area contributed by atoms with E-state index in [0.717, 1.165) is 0 Å². The van der Waals surface area contributed by atoms with Crippen molar-refractivity contribution in [2.24, 2.45) is 0 Å². The minimum Gasteiger partial charge on any atom is -0.0741 e. The highest BCUT2D eigenvalue weighted by Crippen LogP contribution is 2.26. The number of hydrogen-bond acceptors (Lipinski definition) is 0. The van der Waals surface area contributed by atoms with Crippen LogP contribution in [0.2, 0.25) is 0 Å². The molecule has 0 fully saturated rings. The summed E-state index contributed by atoms with van der Waals surface area (Å²) in [5.74, 6) is 0. The van der Waals surface area contributed by atoms with Crippen LogP contribution in [0.5, 0.6) is 0 Å². The lowest BCUT2D eigenvalue weighted by atomic mass is 9.90. The standard InChI is InChI=1S/C10H18/c1-3-6-10-8-5-4-7-9(10)2/h3-8H2,1-2H3. The van der Waals surface area contributed by atoms with E-state index in [1.165, 1.54) is 38.5 Å². The Bertz CT molecular complexity index is 131. The highest BCUT2D eigenvalue weighted by Gasteiger charge is 2.06. The van der Waals surface area contributed by atoms with E-state index in [4.69, 9.17) is 0 Å². The molecule has 0 unspecified atom stereocenters.